The van der Waals surface area contributed by atoms with Gasteiger partial charge in [0.15, 0.2) is 0 Å². The predicted molar refractivity (Wildman–Crippen MR) is 64.2 cm³/mol. The summed E-state index contributed by atoms with van der Waals surface area (Å²) in [4.78, 5) is 23.8. The summed E-state index contributed by atoms with van der Waals surface area (Å²) in [6, 6.07) is -0.817. The molecule has 100 valence electrons. The van der Waals surface area contributed by atoms with Gasteiger partial charge in [-0.2, -0.15) is 0 Å². The number of carboxylic acid groups (broad SMARTS) is 1. The van der Waals surface area contributed by atoms with Crippen molar-refractivity contribution in [3.8, 4) is 0 Å². The Morgan fingerprint density at radius 1 is 1.44 bits per heavy atom. The lowest BCUT2D eigenvalue weighted by Crippen LogP contribution is -2.40. The Morgan fingerprint density at radius 2 is 2.06 bits per heavy atom. The fourth-order valence-electron chi connectivity index (χ4n) is 1.65. The van der Waals surface area contributed by atoms with Gasteiger partial charge in [0, 0.05) is 19.0 Å². The lowest BCUT2D eigenvalue weighted by Gasteiger charge is -2.21. The van der Waals surface area contributed by atoms with Crippen LogP contribution in [0.5, 0.6) is 0 Å². The summed E-state index contributed by atoms with van der Waals surface area (Å²) in [6.07, 6.45) is 0.758. The van der Waals surface area contributed by atoms with Gasteiger partial charge in [-0.05, 0) is 27.2 Å². The van der Waals surface area contributed by atoms with E-state index in [1.807, 2.05) is 6.92 Å². The van der Waals surface area contributed by atoms with Gasteiger partial charge in [-0.15, -0.1) is 0 Å². The number of carbonyl (C=O) groups is 2. The fraction of sp³-hybridized carbons (Fsp3) is 0.583. The van der Waals surface area contributed by atoms with Gasteiger partial charge in [-0.3, -0.25) is 4.79 Å². The van der Waals surface area contributed by atoms with Gasteiger partial charge in [-0.1, -0.05) is 5.16 Å². The Bertz CT molecular complexity index is 433. The van der Waals surface area contributed by atoms with E-state index in [1.54, 1.807) is 6.92 Å². The monoisotopic (exact) mass is 254 g/mol. The molecule has 0 spiro atoms. The van der Waals surface area contributed by atoms with E-state index in [2.05, 4.69) is 5.16 Å². The molecule has 6 nitrogen and oxygen atoms in total. The molecule has 0 saturated carbocycles. The molecule has 1 rings (SSSR count). The minimum absolute atomic E-state index is 0.204. The van der Waals surface area contributed by atoms with Crippen molar-refractivity contribution in [1.29, 1.82) is 0 Å². The van der Waals surface area contributed by atoms with E-state index >= 15 is 0 Å². The third-order valence-electron chi connectivity index (χ3n) is 3.10. The third-order valence-corrected chi connectivity index (χ3v) is 3.10. The normalized spacial score (nSPS) is 12.2. The molecule has 0 aromatic carbocycles. The summed E-state index contributed by atoms with van der Waals surface area (Å²) < 4.78 is 5.00. The molecular formula is C12H18N2O4. The van der Waals surface area contributed by atoms with Gasteiger partial charge in [0.25, 0.3) is 0 Å². The van der Waals surface area contributed by atoms with Crippen LogP contribution >= 0.6 is 0 Å². The molecule has 1 amide bonds. The minimum atomic E-state index is -1.01. The smallest absolute Gasteiger partial charge is 0.326 e. The number of likely N-dealkylation sites (N-methyl/N-ethyl adjacent to an activating group) is 1. The van der Waals surface area contributed by atoms with Crippen molar-refractivity contribution < 1.29 is 19.2 Å². The average Bonchev–Trinajstić information content (AvgIpc) is 2.64. The number of amides is 1. The summed E-state index contributed by atoms with van der Waals surface area (Å²) in [5.74, 6) is -0.512. The number of carbonyl (C=O) groups excluding carboxylic acids is 1. The van der Waals surface area contributed by atoms with E-state index in [4.69, 9.17) is 9.63 Å². The first-order valence-electron chi connectivity index (χ1n) is 5.74. The average molecular weight is 254 g/mol. The molecule has 0 bridgehead atoms. The number of aryl methyl sites for hydroxylation is 2. The second-order valence-electron chi connectivity index (χ2n) is 4.32. The molecule has 0 aliphatic heterocycles. The lowest BCUT2D eigenvalue weighted by atomic mass is 10.1. The number of aliphatic carboxylic acids is 1. The van der Waals surface area contributed by atoms with E-state index in [9.17, 15) is 9.59 Å². The van der Waals surface area contributed by atoms with Gasteiger partial charge in [-0.25, -0.2) is 4.79 Å². The van der Waals surface area contributed by atoms with Crippen molar-refractivity contribution >= 4 is 11.9 Å². The highest BCUT2D eigenvalue weighted by Crippen LogP contribution is 2.15. The second kappa shape index (κ2) is 5.66. The molecule has 1 atom stereocenters. The molecule has 0 aliphatic carbocycles. The number of nitrogens with zero attached hydrogens (tertiary/aromatic N) is 2. The summed E-state index contributed by atoms with van der Waals surface area (Å²) in [7, 11) is 1.49. The molecule has 1 aromatic heterocycles. The van der Waals surface area contributed by atoms with Gasteiger partial charge >= 0.3 is 5.97 Å². The number of carboxylic acids is 1. The Labute approximate surface area is 106 Å². The summed E-state index contributed by atoms with van der Waals surface area (Å²) in [5.41, 5.74) is 1.69. The summed E-state index contributed by atoms with van der Waals surface area (Å²) in [5, 5.41) is 12.6. The van der Waals surface area contributed by atoms with E-state index in [1.165, 1.54) is 18.9 Å². The largest absolute Gasteiger partial charge is 0.480 e. The van der Waals surface area contributed by atoms with Gasteiger partial charge < -0.3 is 14.5 Å². The molecule has 6 heteroatoms. The Balaban J connectivity index is 2.59. The van der Waals surface area contributed by atoms with Gasteiger partial charge in [0.2, 0.25) is 5.91 Å². The second-order valence-corrected chi connectivity index (χ2v) is 4.32. The molecule has 1 aromatic rings. The van der Waals surface area contributed by atoms with Crippen LogP contribution in [0.4, 0.5) is 0 Å². The first-order chi connectivity index (χ1) is 8.34. The zero-order valence-electron chi connectivity index (χ0n) is 11.1. The minimum Gasteiger partial charge on any atom is -0.480 e. The van der Waals surface area contributed by atoms with Crippen molar-refractivity contribution in [3.05, 3.63) is 17.0 Å². The molecule has 1 heterocycles. The Hall–Kier alpha value is -1.85. The SMILES string of the molecule is Cc1noc(C)c1CCC(=O)N(C)C(C)C(=O)O. The molecule has 0 fully saturated rings. The molecule has 1 unspecified atom stereocenters. The highest BCUT2D eigenvalue weighted by Gasteiger charge is 2.22. The number of hydrogen-bond donors (Lipinski definition) is 1. The van der Waals surface area contributed by atoms with Crippen molar-refractivity contribution in [2.75, 3.05) is 7.05 Å². The van der Waals surface area contributed by atoms with E-state index < -0.39 is 12.0 Å². The maximum absolute atomic E-state index is 11.8. The van der Waals surface area contributed by atoms with Crippen molar-refractivity contribution in [3.63, 3.8) is 0 Å². The Kier molecular flexibility index (Phi) is 4.47. The standard InChI is InChI=1S/C12H18N2O4/c1-7-10(9(3)18-13-7)5-6-11(15)14(4)8(2)12(16)17/h8H,5-6H2,1-4H3,(H,16,17). The third kappa shape index (κ3) is 3.09. The molecular weight excluding hydrogens is 236 g/mol. The van der Waals surface area contributed by atoms with Crippen LogP contribution in [0.15, 0.2) is 4.52 Å². The zero-order chi connectivity index (χ0) is 13.9. The molecule has 0 aliphatic rings. The van der Waals surface area contributed by atoms with Crippen LogP contribution < -0.4 is 0 Å². The predicted octanol–water partition coefficient (Wildman–Crippen LogP) is 1.16. The van der Waals surface area contributed by atoms with Crippen LogP contribution in [0.2, 0.25) is 0 Å². The molecule has 18 heavy (non-hydrogen) atoms. The van der Waals surface area contributed by atoms with Crippen LogP contribution in [0.25, 0.3) is 0 Å². The summed E-state index contributed by atoms with van der Waals surface area (Å²) in [6.45, 7) is 5.10. The number of hydrogen-bond acceptors (Lipinski definition) is 4. The first-order valence-corrected chi connectivity index (χ1v) is 5.74. The maximum Gasteiger partial charge on any atom is 0.326 e. The van der Waals surface area contributed by atoms with Crippen molar-refractivity contribution in [2.45, 2.75) is 39.7 Å². The molecule has 0 saturated heterocycles. The number of aromatic nitrogens is 1. The summed E-state index contributed by atoms with van der Waals surface area (Å²) >= 11 is 0. The molecule has 1 N–H and O–H groups in total. The van der Waals surface area contributed by atoms with Crippen LogP contribution in [-0.2, 0) is 16.0 Å². The topological polar surface area (TPSA) is 83.6 Å². The highest BCUT2D eigenvalue weighted by molar-refractivity contribution is 5.83. The van der Waals surface area contributed by atoms with E-state index in [0.717, 1.165) is 11.3 Å². The van der Waals surface area contributed by atoms with Gasteiger partial charge in [0.1, 0.15) is 11.8 Å². The zero-order valence-corrected chi connectivity index (χ0v) is 11.1. The quantitative estimate of drug-likeness (QED) is 0.852. The van der Waals surface area contributed by atoms with Crippen LogP contribution in [0.1, 0.15) is 30.4 Å². The van der Waals surface area contributed by atoms with Crippen molar-refractivity contribution in [2.24, 2.45) is 0 Å². The van der Waals surface area contributed by atoms with E-state index in [-0.39, 0.29) is 12.3 Å². The van der Waals surface area contributed by atoms with Crippen molar-refractivity contribution in [1.82, 2.24) is 10.1 Å². The van der Waals surface area contributed by atoms with Gasteiger partial charge in [0.05, 0.1) is 5.69 Å². The first kappa shape index (κ1) is 14.2. The van der Waals surface area contributed by atoms with Crippen LogP contribution in [-0.4, -0.2) is 40.1 Å². The van der Waals surface area contributed by atoms with Crippen LogP contribution in [0.3, 0.4) is 0 Å². The van der Waals surface area contributed by atoms with Crippen LogP contribution in [0, 0.1) is 13.8 Å². The lowest BCUT2D eigenvalue weighted by molar-refractivity contribution is -0.148. The Morgan fingerprint density at radius 3 is 2.50 bits per heavy atom. The molecule has 0 radical (unpaired) electrons. The highest BCUT2D eigenvalue weighted by atomic mass is 16.5. The van der Waals surface area contributed by atoms with E-state index in [0.29, 0.717) is 12.2 Å². The maximum atomic E-state index is 11.8. The number of rotatable bonds is 5. The fourth-order valence-corrected chi connectivity index (χ4v) is 1.65.